The first-order valence-electron chi connectivity index (χ1n) is 8.36. The quantitative estimate of drug-likeness (QED) is 0.585. The van der Waals surface area contributed by atoms with E-state index in [1.165, 1.54) is 0 Å². The summed E-state index contributed by atoms with van der Waals surface area (Å²) >= 11 is 0. The molecule has 2 rings (SSSR count). The Bertz CT molecular complexity index is 716. The summed E-state index contributed by atoms with van der Waals surface area (Å²) in [5.41, 5.74) is 4.39. The highest BCUT2D eigenvalue weighted by molar-refractivity contribution is 6.02. The predicted octanol–water partition coefficient (Wildman–Crippen LogP) is 2.86. The van der Waals surface area contributed by atoms with E-state index in [0.29, 0.717) is 5.82 Å². The van der Waals surface area contributed by atoms with Crippen molar-refractivity contribution in [2.75, 3.05) is 6.54 Å². The third kappa shape index (κ3) is 5.60. The molecule has 1 heterocycles. The summed E-state index contributed by atoms with van der Waals surface area (Å²) in [7, 11) is 0. The van der Waals surface area contributed by atoms with Crippen LogP contribution in [0.4, 0.5) is 8.78 Å². The maximum Gasteiger partial charge on any atom is 0.308 e. The molecule has 0 atom stereocenters. The molecule has 2 N–H and O–H groups in total. The van der Waals surface area contributed by atoms with Crippen LogP contribution in [0.25, 0.3) is 5.70 Å². The molecule has 1 aliphatic rings. The van der Waals surface area contributed by atoms with Crippen LogP contribution in [0.3, 0.4) is 0 Å². The van der Waals surface area contributed by atoms with E-state index in [0.717, 1.165) is 18.9 Å². The lowest BCUT2D eigenvalue weighted by molar-refractivity contribution is -0.154. The summed E-state index contributed by atoms with van der Waals surface area (Å²) in [5.74, 6) is -0.0102. The number of carbonyl (C=O) groups excluding carboxylic acids is 1. The molecule has 26 heavy (non-hydrogen) atoms. The molecular weight excluding hydrogens is 346 g/mol. The molecule has 144 valence electrons. The molecule has 0 aromatic carbocycles. The minimum Gasteiger partial charge on any atom is -0.460 e. The Hall–Kier alpha value is -2.32. The van der Waals surface area contributed by atoms with Gasteiger partial charge in [-0.3, -0.25) is 9.79 Å². The molecule has 0 spiro atoms. The van der Waals surface area contributed by atoms with Crippen molar-refractivity contribution < 1.29 is 22.8 Å². The number of nitrogens with zero attached hydrogens (tertiary/aromatic N) is 3. The first-order chi connectivity index (χ1) is 12.0. The number of esters is 1. The van der Waals surface area contributed by atoms with Crippen LogP contribution in [0.15, 0.2) is 15.6 Å². The van der Waals surface area contributed by atoms with Crippen LogP contribution >= 0.6 is 0 Å². The minimum atomic E-state index is -2.85. The normalized spacial score (nSPS) is 17.5. The van der Waals surface area contributed by atoms with Crippen LogP contribution in [-0.2, 0) is 14.9 Å². The summed E-state index contributed by atoms with van der Waals surface area (Å²) in [6.07, 6.45) is -0.0690. The largest absolute Gasteiger partial charge is 0.460 e. The number of ether oxygens (including phenoxy) is 1. The number of aliphatic imine (C=N–C) groups is 1. The van der Waals surface area contributed by atoms with Gasteiger partial charge in [-0.1, -0.05) is 12.1 Å². The number of aromatic nitrogens is 2. The number of nitrogens with two attached hydrogens (primary N) is 1. The number of carbonyl (C=O) groups is 1. The predicted molar refractivity (Wildman–Crippen MR) is 91.8 cm³/mol. The van der Waals surface area contributed by atoms with Gasteiger partial charge in [0.05, 0.1) is 12.1 Å². The number of hydrogen-bond donors (Lipinski definition) is 1. The van der Waals surface area contributed by atoms with Crippen LogP contribution in [0.5, 0.6) is 0 Å². The SMILES string of the molecule is CC(C)(C)OC(=O)CCN=C(/C=C(\N)c1nc(C2(C)CC2)no1)C(F)F. The lowest BCUT2D eigenvalue weighted by atomic mass is 10.1. The molecule has 0 aliphatic heterocycles. The highest BCUT2D eigenvalue weighted by Gasteiger charge is 2.43. The highest BCUT2D eigenvalue weighted by atomic mass is 19.3. The smallest absolute Gasteiger partial charge is 0.308 e. The first kappa shape index (κ1) is 20.0. The van der Waals surface area contributed by atoms with Crippen molar-refractivity contribution in [1.29, 1.82) is 0 Å². The van der Waals surface area contributed by atoms with Gasteiger partial charge in [-0.05, 0) is 39.7 Å². The zero-order chi connectivity index (χ0) is 19.5. The van der Waals surface area contributed by atoms with Crippen LogP contribution < -0.4 is 5.73 Å². The average molecular weight is 370 g/mol. The van der Waals surface area contributed by atoms with Crippen LogP contribution in [0.1, 0.15) is 58.7 Å². The fourth-order valence-corrected chi connectivity index (χ4v) is 2.06. The van der Waals surface area contributed by atoms with Crippen molar-refractivity contribution in [3.63, 3.8) is 0 Å². The summed E-state index contributed by atoms with van der Waals surface area (Å²) in [4.78, 5) is 19.5. The molecule has 0 unspecified atom stereocenters. The molecular formula is C17H24F2N4O3. The lowest BCUT2D eigenvalue weighted by Crippen LogP contribution is -2.24. The Morgan fingerprint density at radius 3 is 2.65 bits per heavy atom. The Labute approximate surface area is 150 Å². The molecule has 7 nitrogen and oxygen atoms in total. The Morgan fingerprint density at radius 1 is 1.46 bits per heavy atom. The van der Waals surface area contributed by atoms with E-state index in [2.05, 4.69) is 15.1 Å². The fourth-order valence-electron chi connectivity index (χ4n) is 2.06. The van der Waals surface area contributed by atoms with Gasteiger partial charge in [0.15, 0.2) is 5.82 Å². The van der Waals surface area contributed by atoms with Gasteiger partial charge in [0.2, 0.25) is 0 Å². The summed E-state index contributed by atoms with van der Waals surface area (Å²) in [6, 6.07) is 0. The molecule has 1 aromatic rings. The van der Waals surface area contributed by atoms with E-state index in [-0.39, 0.29) is 30.0 Å². The van der Waals surface area contributed by atoms with E-state index in [4.69, 9.17) is 15.0 Å². The van der Waals surface area contributed by atoms with Gasteiger partial charge in [-0.2, -0.15) is 4.98 Å². The van der Waals surface area contributed by atoms with Crippen LogP contribution in [-0.4, -0.2) is 40.4 Å². The Morgan fingerprint density at radius 2 is 2.12 bits per heavy atom. The second-order valence-electron chi connectivity index (χ2n) is 7.53. The van der Waals surface area contributed by atoms with E-state index in [1.807, 2.05) is 6.92 Å². The zero-order valence-corrected chi connectivity index (χ0v) is 15.4. The lowest BCUT2D eigenvalue weighted by Gasteiger charge is -2.19. The maximum absolute atomic E-state index is 13.2. The summed E-state index contributed by atoms with van der Waals surface area (Å²) < 4.78 is 36.5. The van der Waals surface area contributed by atoms with E-state index < -0.39 is 23.7 Å². The third-order valence-electron chi connectivity index (χ3n) is 3.77. The number of allylic oxidation sites excluding steroid dienone is 1. The number of hydrogen-bond acceptors (Lipinski definition) is 7. The Balaban J connectivity index is 2.03. The van der Waals surface area contributed by atoms with Crippen molar-refractivity contribution in [2.45, 2.75) is 64.4 Å². The molecule has 0 saturated heterocycles. The minimum absolute atomic E-state index is 0.0198. The van der Waals surface area contributed by atoms with Crippen molar-refractivity contribution >= 4 is 17.4 Å². The van der Waals surface area contributed by atoms with E-state index in [1.54, 1.807) is 20.8 Å². The van der Waals surface area contributed by atoms with Crippen LogP contribution in [0.2, 0.25) is 0 Å². The Kier molecular flexibility index (Phi) is 5.77. The summed E-state index contributed by atoms with van der Waals surface area (Å²) in [6.45, 7) is 7.03. The van der Waals surface area contributed by atoms with Gasteiger partial charge in [0.1, 0.15) is 11.3 Å². The van der Waals surface area contributed by atoms with E-state index in [9.17, 15) is 13.6 Å². The van der Waals surface area contributed by atoms with Crippen molar-refractivity contribution in [1.82, 2.24) is 10.1 Å². The molecule has 1 aromatic heterocycles. The second-order valence-corrected chi connectivity index (χ2v) is 7.53. The molecule has 0 amide bonds. The van der Waals surface area contributed by atoms with Crippen molar-refractivity contribution in [2.24, 2.45) is 10.7 Å². The van der Waals surface area contributed by atoms with E-state index >= 15 is 0 Å². The molecule has 9 heteroatoms. The van der Waals surface area contributed by atoms with Gasteiger partial charge in [0.25, 0.3) is 12.3 Å². The van der Waals surface area contributed by atoms with Gasteiger partial charge < -0.3 is 15.0 Å². The molecule has 0 radical (unpaired) electrons. The highest BCUT2D eigenvalue weighted by Crippen LogP contribution is 2.46. The summed E-state index contributed by atoms with van der Waals surface area (Å²) in [5, 5.41) is 3.85. The molecule has 1 saturated carbocycles. The average Bonchev–Trinajstić information content (AvgIpc) is 3.06. The van der Waals surface area contributed by atoms with Gasteiger partial charge in [0, 0.05) is 12.0 Å². The topological polar surface area (TPSA) is 104 Å². The monoisotopic (exact) mass is 370 g/mol. The number of alkyl halides is 2. The van der Waals surface area contributed by atoms with Crippen LogP contribution in [0, 0.1) is 0 Å². The number of rotatable bonds is 7. The van der Waals surface area contributed by atoms with Crippen molar-refractivity contribution in [3.8, 4) is 0 Å². The standard InChI is InChI=1S/C17H24F2N4O3/c1-16(2,3)25-12(24)5-8-21-11(13(18)19)9-10(20)14-22-15(23-26-14)17(4)6-7-17/h9,13H,5-8,20H2,1-4H3/b10-9-,21-11?. The number of halogens is 2. The molecule has 1 aliphatic carbocycles. The third-order valence-corrected chi connectivity index (χ3v) is 3.77. The second kappa shape index (κ2) is 7.51. The maximum atomic E-state index is 13.2. The fraction of sp³-hybridized carbons (Fsp3) is 0.647. The molecule has 0 bridgehead atoms. The van der Waals surface area contributed by atoms with Gasteiger partial charge in [-0.15, -0.1) is 0 Å². The first-order valence-corrected chi connectivity index (χ1v) is 8.36. The van der Waals surface area contributed by atoms with Gasteiger partial charge >= 0.3 is 5.97 Å². The zero-order valence-electron chi connectivity index (χ0n) is 15.4. The van der Waals surface area contributed by atoms with Gasteiger partial charge in [-0.25, -0.2) is 8.78 Å². The molecule has 1 fully saturated rings. The van der Waals surface area contributed by atoms with Crippen molar-refractivity contribution in [3.05, 3.63) is 17.8 Å².